The number of ketones is 1. The number of rotatable bonds is 8. The minimum Gasteiger partial charge on any atom is -0.465 e. The van der Waals surface area contributed by atoms with E-state index in [1.54, 1.807) is 20.8 Å². The van der Waals surface area contributed by atoms with Crippen LogP contribution in [0.3, 0.4) is 0 Å². The molecule has 0 aliphatic carbocycles. The van der Waals surface area contributed by atoms with Gasteiger partial charge in [-0.3, -0.25) is 14.4 Å². The third-order valence-electron chi connectivity index (χ3n) is 2.32. The van der Waals surface area contributed by atoms with Crippen molar-refractivity contribution in [3.63, 3.8) is 0 Å². The van der Waals surface area contributed by atoms with E-state index in [0.717, 1.165) is 0 Å². The minimum atomic E-state index is -1.15. The van der Waals surface area contributed by atoms with Gasteiger partial charge in [0.2, 0.25) is 5.91 Å². The molecular formula is C12H21NO4S. The zero-order chi connectivity index (χ0) is 14.2. The van der Waals surface area contributed by atoms with E-state index in [-0.39, 0.29) is 29.8 Å². The number of esters is 1. The van der Waals surface area contributed by atoms with E-state index in [9.17, 15) is 14.4 Å². The summed E-state index contributed by atoms with van der Waals surface area (Å²) in [6.07, 6.45) is 0. The van der Waals surface area contributed by atoms with Gasteiger partial charge < -0.3 is 10.1 Å². The van der Waals surface area contributed by atoms with Gasteiger partial charge in [0.1, 0.15) is 5.41 Å². The van der Waals surface area contributed by atoms with Gasteiger partial charge in [0, 0.05) is 6.54 Å². The molecule has 0 spiro atoms. The van der Waals surface area contributed by atoms with Crippen molar-refractivity contribution < 1.29 is 19.1 Å². The van der Waals surface area contributed by atoms with Crippen molar-refractivity contribution in [2.24, 2.45) is 5.41 Å². The molecule has 18 heavy (non-hydrogen) atoms. The Balaban J connectivity index is 4.15. The maximum Gasteiger partial charge on any atom is 0.319 e. The number of amides is 1. The van der Waals surface area contributed by atoms with Crippen molar-refractivity contribution in [1.82, 2.24) is 5.32 Å². The summed E-state index contributed by atoms with van der Waals surface area (Å²) < 4.78 is 4.85. The van der Waals surface area contributed by atoms with Crippen LogP contribution in [0.25, 0.3) is 0 Å². The Bertz CT molecular complexity index is 315. The van der Waals surface area contributed by atoms with E-state index >= 15 is 0 Å². The quantitative estimate of drug-likeness (QED) is 0.529. The van der Waals surface area contributed by atoms with Crippen molar-refractivity contribution in [2.45, 2.75) is 27.7 Å². The molecule has 0 atom stereocenters. The maximum absolute atomic E-state index is 11.9. The van der Waals surface area contributed by atoms with Crippen LogP contribution < -0.4 is 5.32 Å². The van der Waals surface area contributed by atoms with Crippen LogP contribution >= 0.6 is 11.8 Å². The molecule has 0 aliphatic heterocycles. The zero-order valence-corrected chi connectivity index (χ0v) is 12.2. The summed E-state index contributed by atoms with van der Waals surface area (Å²) in [4.78, 5) is 34.6. The lowest BCUT2D eigenvalue weighted by Gasteiger charge is -2.20. The number of thioether (sulfide) groups is 1. The number of hydrogen-bond donors (Lipinski definition) is 1. The predicted octanol–water partition coefficient (Wildman–Crippen LogP) is 1.01. The highest BCUT2D eigenvalue weighted by Crippen LogP contribution is 2.21. The van der Waals surface area contributed by atoms with Gasteiger partial charge in [-0.05, 0) is 27.7 Å². The molecule has 0 heterocycles. The summed E-state index contributed by atoms with van der Waals surface area (Å²) in [7, 11) is 0. The number of Topliss-reactive ketones (excluding diaryl/α,β-unsaturated/α-hetero) is 1. The molecule has 0 saturated carbocycles. The molecule has 0 aliphatic rings. The summed E-state index contributed by atoms with van der Waals surface area (Å²) in [6, 6.07) is 0. The fourth-order valence-electron chi connectivity index (χ4n) is 1.09. The Morgan fingerprint density at radius 3 is 2.28 bits per heavy atom. The SMILES string of the molecule is CCNC(=O)CSCC(=O)C(C)(C)C(=O)OCC. The Kier molecular flexibility index (Phi) is 7.66. The van der Waals surface area contributed by atoms with Crippen LogP contribution in [0, 0.1) is 5.41 Å². The highest BCUT2D eigenvalue weighted by molar-refractivity contribution is 8.00. The second-order valence-electron chi connectivity index (χ2n) is 4.21. The standard InChI is InChI=1S/C12H21NO4S/c1-5-13-10(15)8-18-7-9(14)12(3,4)11(16)17-6-2/h5-8H2,1-4H3,(H,13,15). The van der Waals surface area contributed by atoms with Gasteiger partial charge in [0.15, 0.2) is 5.78 Å². The third-order valence-corrected chi connectivity index (χ3v) is 3.26. The van der Waals surface area contributed by atoms with Crippen molar-refractivity contribution in [1.29, 1.82) is 0 Å². The fraction of sp³-hybridized carbons (Fsp3) is 0.750. The monoisotopic (exact) mass is 275 g/mol. The molecule has 1 N–H and O–H groups in total. The lowest BCUT2D eigenvalue weighted by Crippen LogP contribution is -2.36. The molecule has 0 unspecified atom stereocenters. The van der Waals surface area contributed by atoms with Crippen molar-refractivity contribution in [3.05, 3.63) is 0 Å². The number of carbonyl (C=O) groups excluding carboxylic acids is 3. The average Bonchev–Trinajstić information content (AvgIpc) is 2.29. The van der Waals surface area contributed by atoms with Gasteiger partial charge in [-0.1, -0.05) is 0 Å². The topological polar surface area (TPSA) is 72.5 Å². The lowest BCUT2D eigenvalue weighted by atomic mass is 9.89. The van der Waals surface area contributed by atoms with Crippen molar-refractivity contribution >= 4 is 29.4 Å². The van der Waals surface area contributed by atoms with E-state index in [4.69, 9.17) is 4.74 Å². The van der Waals surface area contributed by atoms with Gasteiger partial charge in [0.25, 0.3) is 0 Å². The van der Waals surface area contributed by atoms with Crippen LogP contribution in [-0.4, -0.2) is 42.3 Å². The van der Waals surface area contributed by atoms with Crippen LogP contribution in [0.15, 0.2) is 0 Å². The molecule has 0 bridgehead atoms. The summed E-state index contributed by atoms with van der Waals surface area (Å²) in [5.41, 5.74) is -1.15. The molecule has 0 aromatic heterocycles. The summed E-state index contributed by atoms with van der Waals surface area (Å²) in [6.45, 7) is 7.43. The molecule has 0 aromatic carbocycles. The molecule has 6 heteroatoms. The van der Waals surface area contributed by atoms with Gasteiger partial charge in [-0.2, -0.15) is 0 Å². The zero-order valence-electron chi connectivity index (χ0n) is 11.4. The van der Waals surface area contributed by atoms with Gasteiger partial charge in [0.05, 0.1) is 18.1 Å². The lowest BCUT2D eigenvalue weighted by molar-refractivity contribution is -0.157. The Hall–Kier alpha value is -1.04. The summed E-state index contributed by atoms with van der Waals surface area (Å²) in [5, 5.41) is 2.64. The van der Waals surface area contributed by atoms with Crippen LogP contribution in [0.5, 0.6) is 0 Å². The normalized spacial score (nSPS) is 10.9. The van der Waals surface area contributed by atoms with Gasteiger partial charge >= 0.3 is 5.97 Å². The van der Waals surface area contributed by atoms with Crippen LogP contribution in [0.4, 0.5) is 0 Å². The van der Waals surface area contributed by atoms with Gasteiger partial charge in [-0.15, -0.1) is 11.8 Å². The molecule has 5 nitrogen and oxygen atoms in total. The Labute approximate surface area is 112 Å². The van der Waals surface area contributed by atoms with Crippen LogP contribution in [0.2, 0.25) is 0 Å². The first-order valence-corrected chi connectivity index (χ1v) is 7.06. The van der Waals surface area contributed by atoms with Crippen LogP contribution in [-0.2, 0) is 19.1 Å². The highest BCUT2D eigenvalue weighted by atomic mass is 32.2. The molecule has 0 radical (unpaired) electrons. The maximum atomic E-state index is 11.9. The minimum absolute atomic E-state index is 0.107. The molecule has 0 fully saturated rings. The Morgan fingerprint density at radius 2 is 1.78 bits per heavy atom. The van der Waals surface area contributed by atoms with E-state index in [1.165, 1.54) is 11.8 Å². The molecular weight excluding hydrogens is 254 g/mol. The molecule has 0 rings (SSSR count). The van der Waals surface area contributed by atoms with E-state index in [1.807, 2.05) is 6.92 Å². The molecule has 0 aromatic rings. The van der Waals surface area contributed by atoms with Crippen molar-refractivity contribution in [2.75, 3.05) is 24.7 Å². The molecule has 0 saturated heterocycles. The second kappa shape index (κ2) is 8.13. The second-order valence-corrected chi connectivity index (χ2v) is 5.20. The van der Waals surface area contributed by atoms with E-state index in [0.29, 0.717) is 6.54 Å². The first-order valence-electron chi connectivity index (χ1n) is 5.91. The van der Waals surface area contributed by atoms with Crippen LogP contribution in [0.1, 0.15) is 27.7 Å². The highest BCUT2D eigenvalue weighted by Gasteiger charge is 2.36. The fourth-order valence-corrected chi connectivity index (χ4v) is 2.03. The number of carbonyl (C=O) groups is 3. The molecule has 104 valence electrons. The van der Waals surface area contributed by atoms with E-state index < -0.39 is 11.4 Å². The summed E-state index contributed by atoms with van der Waals surface area (Å²) in [5.74, 6) is -0.505. The third kappa shape index (κ3) is 5.53. The van der Waals surface area contributed by atoms with E-state index in [2.05, 4.69) is 5.32 Å². The average molecular weight is 275 g/mol. The number of hydrogen-bond acceptors (Lipinski definition) is 5. The first-order chi connectivity index (χ1) is 8.36. The Morgan fingerprint density at radius 1 is 1.17 bits per heavy atom. The summed E-state index contributed by atoms with van der Waals surface area (Å²) >= 11 is 1.20. The molecule has 1 amide bonds. The largest absolute Gasteiger partial charge is 0.465 e. The van der Waals surface area contributed by atoms with Crippen molar-refractivity contribution in [3.8, 4) is 0 Å². The van der Waals surface area contributed by atoms with Gasteiger partial charge in [-0.25, -0.2) is 0 Å². The smallest absolute Gasteiger partial charge is 0.319 e. The number of ether oxygens (including phenoxy) is 1. The first kappa shape index (κ1) is 17.0. The number of nitrogens with one attached hydrogen (secondary N) is 1. The predicted molar refractivity (Wildman–Crippen MR) is 71.4 cm³/mol.